The summed E-state index contributed by atoms with van der Waals surface area (Å²) in [5, 5.41) is 2.86. The fraction of sp³-hybridized carbons (Fsp3) is 1.00. The van der Waals surface area contributed by atoms with Crippen molar-refractivity contribution in [3.8, 4) is 0 Å². The molecule has 0 aromatic rings. The molecule has 0 aromatic heterocycles. The molecular weight excluding hydrogens is 208 g/mol. The molecule has 0 unspecified atom stereocenters. The third kappa shape index (κ3) is 4.77. The molecular formula is C13H25F2N. The van der Waals surface area contributed by atoms with Gasteiger partial charge in [-0.3, -0.25) is 0 Å². The topological polar surface area (TPSA) is 12.0 Å². The van der Waals surface area contributed by atoms with Gasteiger partial charge in [-0.25, -0.2) is 8.78 Å². The molecule has 0 aliphatic heterocycles. The van der Waals surface area contributed by atoms with Gasteiger partial charge in [-0.1, -0.05) is 20.8 Å². The molecule has 16 heavy (non-hydrogen) atoms. The zero-order valence-electron chi connectivity index (χ0n) is 10.7. The van der Waals surface area contributed by atoms with Crippen LogP contribution in [0.1, 0.15) is 46.5 Å². The lowest BCUT2D eigenvalue weighted by atomic mass is 9.70. The normalized spacial score (nSPS) is 27.4. The lowest BCUT2D eigenvalue weighted by molar-refractivity contribution is 0.131. The zero-order chi connectivity index (χ0) is 12.2. The standard InChI is InChI=1S/C13H25F2N/c1-13(2,3)11-6-4-10(5-7-11)8-16-9-12(14)15/h10-12,16H,4-9H2,1-3H3. The molecule has 1 fully saturated rings. The highest BCUT2D eigenvalue weighted by atomic mass is 19.3. The third-order valence-electron chi connectivity index (χ3n) is 3.80. The van der Waals surface area contributed by atoms with Crippen LogP contribution in [-0.2, 0) is 0 Å². The quantitative estimate of drug-likeness (QED) is 0.781. The number of hydrogen-bond acceptors (Lipinski definition) is 1. The van der Waals surface area contributed by atoms with E-state index in [9.17, 15) is 8.78 Å². The second kappa shape index (κ2) is 5.95. The highest BCUT2D eigenvalue weighted by Crippen LogP contribution is 2.39. The van der Waals surface area contributed by atoms with Crippen LogP contribution < -0.4 is 5.32 Å². The van der Waals surface area contributed by atoms with Crippen LogP contribution in [0, 0.1) is 17.3 Å². The summed E-state index contributed by atoms with van der Waals surface area (Å²) in [4.78, 5) is 0. The minimum Gasteiger partial charge on any atom is -0.311 e. The highest BCUT2D eigenvalue weighted by Gasteiger charge is 2.29. The predicted octanol–water partition coefficient (Wildman–Crippen LogP) is 3.69. The van der Waals surface area contributed by atoms with E-state index in [0.29, 0.717) is 11.3 Å². The minimum atomic E-state index is -2.22. The number of alkyl halides is 2. The molecule has 1 rings (SSSR count). The molecule has 1 N–H and O–H groups in total. The van der Waals surface area contributed by atoms with Gasteiger partial charge in [0.15, 0.2) is 0 Å². The van der Waals surface area contributed by atoms with Crippen molar-refractivity contribution in [3.63, 3.8) is 0 Å². The Kier molecular flexibility index (Phi) is 5.16. The monoisotopic (exact) mass is 233 g/mol. The van der Waals surface area contributed by atoms with E-state index in [4.69, 9.17) is 0 Å². The first kappa shape index (κ1) is 13.9. The molecule has 0 saturated heterocycles. The summed E-state index contributed by atoms with van der Waals surface area (Å²) in [5.74, 6) is 1.41. The van der Waals surface area contributed by atoms with Gasteiger partial charge in [-0.15, -0.1) is 0 Å². The molecule has 3 heteroatoms. The van der Waals surface area contributed by atoms with Crippen LogP contribution in [0.4, 0.5) is 8.78 Å². The first-order valence-corrected chi connectivity index (χ1v) is 6.38. The Hall–Kier alpha value is -0.180. The number of nitrogens with one attached hydrogen (secondary N) is 1. The Morgan fingerprint density at radius 3 is 2.12 bits per heavy atom. The van der Waals surface area contributed by atoms with Crippen LogP contribution in [0.3, 0.4) is 0 Å². The molecule has 0 bridgehead atoms. The molecule has 0 radical (unpaired) electrons. The van der Waals surface area contributed by atoms with Gasteiger partial charge in [-0.05, 0) is 49.5 Å². The van der Waals surface area contributed by atoms with Gasteiger partial charge in [0.25, 0.3) is 6.43 Å². The Balaban J connectivity index is 2.17. The van der Waals surface area contributed by atoms with Crippen molar-refractivity contribution < 1.29 is 8.78 Å². The van der Waals surface area contributed by atoms with Crippen molar-refractivity contribution in [1.82, 2.24) is 5.32 Å². The largest absolute Gasteiger partial charge is 0.311 e. The van der Waals surface area contributed by atoms with E-state index in [1.165, 1.54) is 25.7 Å². The van der Waals surface area contributed by atoms with E-state index in [2.05, 4.69) is 26.1 Å². The highest BCUT2D eigenvalue weighted by molar-refractivity contribution is 4.81. The second-order valence-corrected chi connectivity index (χ2v) is 6.13. The van der Waals surface area contributed by atoms with Gasteiger partial charge in [-0.2, -0.15) is 0 Å². The Labute approximate surface area is 98.0 Å². The maximum absolute atomic E-state index is 11.9. The maximum atomic E-state index is 11.9. The lowest BCUT2D eigenvalue weighted by Gasteiger charge is -2.37. The SMILES string of the molecule is CC(C)(C)C1CCC(CNCC(F)F)CC1. The fourth-order valence-corrected chi connectivity index (χ4v) is 2.63. The molecule has 0 aromatic carbocycles. The molecule has 1 aliphatic carbocycles. The van der Waals surface area contributed by atoms with Gasteiger partial charge >= 0.3 is 0 Å². The van der Waals surface area contributed by atoms with Crippen molar-refractivity contribution in [2.24, 2.45) is 17.3 Å². The molecule has 96 valence electrons. The average Bonchev–Trinajstić information content (AvgIpc) is 2.16. The molecule has 0 heterocycles. The van der Waals surface area contributed by atoms with Crippen molar-refractivity contribution in [2.45, 2.75) is 52.9 Å². The van der Waals surface area contributed by atoms with E-state index in [1.807, 2.05) is 0 Å². The maximum Gasteiger partial charge on any atom is 0.250 e. The van der Waals surface area contributed by atoms with E-state index >= 15 is 0 Å². The lowest BCUT2D eigenvalue weighted by Crippen LogP contribution is -2.32. The van der Waals surface area contributed by atoms with E-state index in [-0.39, 0.29) is 6.54 Å². The summed E-state index contributed by atoms with van der Waals surface area (Å²) in [7, 11) is 0. The van der Waals surface area contributed by atoms with Crippen molar-refractivity contribution >= 4 is 0 Å². The summed E-state index contributed by atoms with van der Waals surface area (Å²) < 4.78 is 23.9. The number of halogens is 2. The molecule has 1 nitrogen and oxygen atoms in total. The van der Waals surface area contributed by atoms with Gasteiger partial charge in [0.2, 0.25) is 0 Å². The summed E-state index contributed by atoms with van der Waals surface area (Å²) in [6.45, 7) is 7.51. The predicted molar refractivity (Wildman–Crippen MR) is 63.8 cm³/mol. The number of rotatable bonds is 4. The van der Waals surface area contributed by atoms with Crippen LogP contribution in [0.2, 0.25) is 0 Å². The Morgan fingerprint density at radius 1 is 1.12 bits per heavy atom. The van der Waals surface area contributed by atoms with E-state index in [1.54, 1.807) is 0 Å². The first-order valence-electron chi connectivity index (χ1n) is 6.38. The van der Waals surface area contributed by atoms with Gasteiger partial charge in [0, 0.05) is 0 Å². The van der Waals surface area contributed by atoms with Gasteiger partial charge < -0.3 is 5.32 Å². The van der Waals surface area contributed by atoms with Crippen molar-refractivity contribution in [1.29, 1.82) is 0 Å². The third-order valence-corrected chi connectivity index (χ3v) is 3.80. The molecule has 1 saturated carbocycles. The second-order valence-electron chi connectivity index (χ2n) is 6.13. The summed E-state index contributed by atoms with van der Waals surface area (Å²) >= 11 is 0. The fourth-order valence-electron chi connectivity index (χ4n) is 2.63. The van der Waals surface area contributed by atoms with E-state index < -0.39 is 6.43 Å². The van der Waals surface area contributed by atoms with Gasteiger partial charge in [0.1, 0.15) is 0 Å². The minimum absolute atomic E-state index is 0.154. The molecule has 1 aliphatic rings. The molecule has 0 atom stereocenters. The first-order chi connectivity index (χ1) is 7.39. The zero-order valence-corrected chi connectivity index (χ0v) is 10.7. The van der Waals surface area contributed by atoms with Crippen LogP contribution in [0.25, 0.3) is 0 Å². The summed E-state index contributed by atoms with van der Waals surface area (Å²) in [5.41, 5.74) is 0.404. The Morgan fingerprint density at radius 2 is 1.69 bits per heavy atom. The van der Waals surface area contributed by atoms with Crippen molar-refractivity contribution in [3.05, 3.63) is 0 Å². The van der Waals surface area contributed by atoms with E-state index in [0.717, 1.165) is 12.5 Å². The summed E-state index contributed by atoms with van der Waals surface area (Å²) in [6, 6.07) is 0. The van der Waals surface area contributed by atoms with Crippen molar-refractivity contribution in [2.75, 3.05) is 13.1 Å². The molecule has 0 spiro atoms. The van der Waals surface area contributed by atoms with Crippen LogP contribution >= 0.6 is 0 Å². The van der Waals surface area contributed by atoms with Gasteiger partial charge in [0.05, 0.1) is 6.54 Å². The number of hydrogen-bond donors (Lipinski definition) is 1. The van der Waals surface area contributed by atoms with Crippen LogP contribution in [0.5, 0.6) is 0 Å². The van der Waals surface area contributed by atoms with Crippen LogP contribution in [-0.4, -0.2) is 19.5 Å². The molecule has 0 amide bonds. The Bertz CT molecular complexity index is 191. The smallest absolute Gasteiger partial charge is 0.250 e. The summed E-state index contributed by atoms with van der Waals surface area (Å²) in [6.07, 6.45) is 2.68. The van der Waals surface area contributed by atoms with Crippen LogP contribution in [0.15, 0.2) is 0 Å². The average molecular weight is 233 g/mol.